The largest absolute Gasteiger partial charge is 0.479 e. The average Bonchev–Trinajstić information content (AvgIpc) is 2.87. The zero-order chi connectivity index (χ0) is 18.1. The van der Waals surface area contributed by atoms with Gasteiger partial charge in [-0.1, -0.05) is 0 Å². The fraction of sp³-hybridized carbons (Fsp3) is 0.706. The molecular formula is C17H24N2O5. The molecule has 2 rings (SSSR count). The maximum Gasteiger partial charge on any atom is 0.410 e. The van der Waals surface area contributed by atoms with Crippen molar-refractivity contribution in [2.75, 3.05) is 19.6 Å². The van der Waals surface area contributed by atoms with E-state index in [1.807, 2.05) is 0 Å². The lowest BCUT2D eigenvalue weighted by atomic mass is 9.85. The molecule has 0 aromatic rings. The van der Waals surface area contributed by atoms with Crippen molar-refractivity contribution in [2.45, 2.75) is 51.2 Å². The molecular weight excluding hydrogens is 312 g/mol. The molecule has 1 N–H and O–H groups in total. The van der Waals surface area contributed by atoms with Crippen LogP contribution in [-0.2, 0) is 14.3 Å². The maximum atomic E-state index is 12.2. The van der Waals surface area contributed by atoms with Crippen molar-refractivity contribution >= 4 is 18.0 Å². The Morgan fingerprint density at radius 2 is 1.92 bits per heavy atom. The molecule has 132 valence electrons. The van der Waals surface area contributed by atoms with Gasteiger partial charge in [-0.15, -0.1) is 12.3 Å². The summed E-state index contributed by atoms with van der Waals surface area (Å²) in [6.07, 6.45) is 5.44. The molecule has 7 nitrogen and oxygen atoms in total. The highest BCUT2D eigenvalue weighted by Gasteiger charge is 2.52. The highest BCUT2D eigenvalue weighted by molar-refractivity contribution is 5.89. The zero-order valence-corrected chi connectivity index (χ0v) is 14.4. The Labute approximate surface area is 141 Å². The van der Waals surface area contributed by atoms with Gasteiger partial charge in [-0.25, -0.2) is 9.59 Å². The van der Waals surface area contributed by atoms with Crippen molar-refractivity contribution < 1.29 is 24.2 Å². The third-order valence-corrected chi connectivity index (χ3v) is 4.52. The first-order chi connectivity index (χ1) is 11.1. The van der Waals surface area contributed by atoms with Crippen molar-refractivity contribution in [2.24, 2.45) is 5.92 Å². The number of aliphatic carboxylic acids is 1. The van der Waals surface area contributed by atoms with Gasteiger partial charge in [-0.2, -0.15) is 0 Å². The first-order valence-electron chi connectivity index (χ1n) is 8.07. The lowest BCUT2D eigenvalue weighted by Crippen LogP contribution is -2.61. The first-order valence-corrected chi connectivity index (χ1v) is 8.07. The summed E-state index contributed by atoms with van der Waals surface area (Å²) in [5.41, 5.74) is -1.90. The maximum absolute atomic E-state index is 12.2. The summed E-state index contributed by atoms with van der Waals surface area (Å²) < 4.78 is 5.32. The lowest BCUT2D eigenvalue weighted by Gasteiger charge is -2.44. The van der Waals surface area contributed by atoms with Crippen LogP contribution in [0.15, 0.2) is 0 Å². The number of piperidine rings is 1. The Morgan fingerprint density at radius 1 is 1.33 bits per heavy atom. The van der Waals surface area contributed by atoms with E-state index in [0.29, 0.717) is 0 Å². The van der Waals surface area contributed by atoms with Gasteiger partial charge in [0.2, 0.25) is 5.91 Å². The van der Waals surface area contributed by atoms with E-state index in [9.17, 15) is 19.5 Å². The van der Waals surface area contributed by atoms with E-state index in [1.54, 1.807) is 20.8 Å². The Kier molecular flexibility index (Phi) is 4.79. The lowest BCUT2D eigenvalue weighted by molar-refractivity contribution is -0.160. The van der Waals surface area contributed by atoms with Crippen molar-refractivity contribution in [1.82, 2.24) is 9.80 Å². The highest BCUT2D eigenvalue weighted by Crippen LogP contribution is 2.35. The number of carboxylic acids is 1. The molecule has 1 unspecified atom stereocenters. The highest BCUT2D eigenvalue weighted by atomic mass is 16.6. The predicted octanol–water partition coefficient (Wildman–Crippen LogP) is 1.32. The van der Waals surface area contributed by atoms with Crippen LogP contribution >= 0.6 is 0 Å². The number of nitrogens with zero attached hydrogens (tertiary/aromatic N) is 2. The number of terminal acetylenes is 1. The van der Waals surface area contributed by atoms with Crippen LogP contribution in [0.3, 0.4) is 0 Å². The predicted molar refractivity (Wildman–Crippen MR) is 86.1 cm³/mol. The second kappa shape index (κ2) is 6.34. The molecule has 2 aliphatic rings. The van der Waals surface area contributed by atoms with Crippen LogP contribution < -0.4 is 0 Å². The van der Waals surface area contributed by atoms with Crippen LogP contribution in [0, 0.1) is 18.3 Å². The van der Waals surface area contributed by atoms with E-state index >= 15 is 0 Å². The average molecular weight is 336 g/mol. The summed E-state index contributed by atoms with van der Waals surface area (Å²) in [7, 11) is 0. The van der Waals surface area contributed by atoms with Gasteiger partial charge >= 0.3 is 12.1 Å². The molecule has 0 aromatic carbocycles. The van der Waals surface area contributed by atoms with Crippen LogP contribution in [0.1, 0.15) is 40.0 Å². The number of carboxylic acid groups (broad SMARTS) is 1. The van der Waals surface area contributed by atoms with Crippen molar-refractivity contribution in [3.63, 3.8) is 0 Å². The van der Waals surface area contributed by atoms with Crippen LogP contribution in [-0.4, -0.2) is 63.7 Å². The van der Waals surface area contributed by atoms with E-state index in [-0.39, 0.29) is 50.7 Å². The van der Waals surface area contributed by atoms with Gasteiger partial charge in [0.1, 0.15) is 11.1 Å². The Hall–Kier alpha value is -2.23. The number of carbonyl (C=O) groups excluding carboxylic acids is 2. The van der Waals surface area contributed by atoms with E-state index < -0.39 is 23.2 Å². The third-order valence-electron chi connectivity index (χ3n) is 4.52. The molecule has 0 aliphatic carbocycles. The number of likely N-dealkylation sites (tertiary alicyclic amines) is 2. The van der Waals surface area contributed by atoms with E-state index in [2.05, 4.69) is 5.92 Å². The fourth-order valence-electron chi connectivity index (χ4n) is 3.22. The molecule has 2 saturated heterocycles. The van der Waals surface area contributed by atoms with E-state index in [1.165, 1.54) is 9.80 Å². The van der Waals surface area contributed by atoms with Gasteiger partial charge in [0.05, 0.1) is 0 Å². The topological polar surface area (TPSA) is 87.2 Å². The van der Waals surface area contributed by atoms with Gasteiger partial charge in [-0.05, 0) is 33.6 Å². The molecule has 0 aromatic heterocycles. The van der Waals surface area contributed by atoms with Crippen molar-refractivity contribution in [3.05, 3.63) is 0 Å². The Morgan fingerprint density at radius 3 is 2.33 bits per heavy atom. The minimum absolute atomic E-state index is 0.171. The number of hydrogen-bond acceptors (Lipinski definition) is 4. The van der Waals surface area contributed by atoms with Crippen molar-refractivity contribution in [1.29, 1.82) is 0 Å². The van der Waals surface area contributed by atoms with Gasteiger partial charge in [0, 0.05) is 32.0 Å². The number of hydrogen-bond donors (Lipinski definition) is 1. The normalized spacial score (nSPS) is 23.8. The van der Waals surface area contributed by atoms with Crippen LogP contribution in [0.4, 0.5) is 4.79 Å². The summed E-state index contributed by atoms with van der Waals surface area (Å²) in [4.78, 5) is 39.2. The monoisotopic (exact) mass is 336 g/mol. The molecule has 0 bridgehead atoms. The molecule has 24 heavy (non-hydrogen) atoms. The van der Waals surface area contributed by atoms with Crippen molar-refractivity contribution in [3.8, 4) is 12.3 Å². The summed E-state index contributed by atoms with van der Waals surface area (Å²) in [5.74, 6) is 1.01. The third kappa shape index (κ3) is 3.48. The molecule has 2 fully saturated rings. The van der Waals surface area contributed by atoms with E-state index in [4.69, 9.17) is 11.2 Å². The summed E-state index contributed by atoms with van der Waals surface area (Å²) in [6, 6.07) is 0. The smallest absolute Gasteiger partial charge is 0.410 e. The summed E-state index contributed by atoms with van der Waals surface area (Å²) in [6.45, 7) is 6.04. The quantitative estimate of drug-likeness (QED) is 0.769. The second-order valence-corrected chi connectivity index (χ2v) is 7.38. The van der Waals surface area contributed by atoms with E-state index in [0.717, 1.165) is 0 Å². The molecule has 2 aliphatic heterocycles. The number of ether oxygens (including phenoxy) is 1. The molecule has 2 amide bonds. The summed E-state index contributed by atoms with van der Waals surface area (Å²) >= 11 is 0. The minimum Gasteiger partial charge on any atom is -0.479 e. The molecule has 0 radical (unpaired) electrons. The number of amides is 2. The SMILES string of the molecule is C#CC1CC(=O)N(C2(C(=O)O)CCN(C(=O)OC(C)(C)C)CC2)C1. The molecule has 2 heterocycles. The van der Waals surface area contributed by atoms with Gasteiger partial charge in [0.25, 0.3) is 0 Å². The van der Waals surface area contributed by atoms with Gasteiger partial charge < -0.3 is 19.6 Å². The Balaban J connectivity index is 2.10. The number of carbonyl (C=O) groups is 3. The van der Waals surface area contributed by atoms with Crippen LogP contribution in [0.2, 0.25) is 0 Å². The van der Waals surface area contributed by atoms with Gasteiger partial charge in [-0.3, -0.25) is 4.79 Å². The number of rotatable bonds is 2. The first kappa shape index (κ1) is 18.1. The molecule has 1 atom stereocenters. The Bertz CT molecular complexity index is 579. The fourth-order valence-corrected chi connectivity index (χ4v) is 3.22. The second-order valence-electron chi connectivity index (χ2n) is 7.38. The standard InChI is InChI=1S/C17H24N2O5/c1-5-12-10-13(20)19(11-12)17(14(21)22)6-8-18(9-7-17)15(23)24-16(2,3)4/h1,12H,6-11H2,2-4H3,(H,21,22). The minimum atomic E-state index is -1.29. The molecule has 0 saturated carbocycles. The zero-order valence-electron chi connectivity index (χ0n) is 14.4. The van der Waals surface area contributed by atoms with Gasteiger partial charge in [0.15, 0.2) is 0 Å². The summed E-state index contributed by atoms with van der Waals surface area (Å²) in [5, 5.41) is 9.76. The molecule has 7 heteroatoms. The van der Waals surface area contributed by atoms with Crippen LogP contribution in [0.5, 0.6) is 0 Å². The van der Waals surface area contributed by atoms with Crippen LogP contribution in [0.25, 0.3) is 0 Å². The molecule has 0 spiro atoms.